The molecule has 0 spiro atoms. The second-order valence-electron chi connectivity index (χ2n) is 4.67. The highest BCUT2D eigenvalue weighted by Crippen LogP contribution is 2.22. The van der Waals surface area contributed by atoms with Crippen LogP contribution in [-0.4, -0.2) is 16.7 Å². The smallest absolute Gasteiger partial charge is 0.269 e. The molecule has 0 amide bonds. The summed E-state index contributed by atoms with van der Waals surface area (Å²) in [5.41, 5.74) is 1.26. The van der Waals surface area contributed by atoms with Crippen LogP contribution in [0.25, 0.3) is 16.6 Å². The average molecular weight is 298 g/mol. The van der Waals surface area contributed by atoms with Gasteiger partial charge in [0.1, 0.15) is 17.0 Å². The molecule has 0 aliphatic heterocycles. The van der Waals surface area contributed by atoms with Crippen LogP contribution in [0.15, 0.2) is 52.2 Å². The predicted molar refractivity (Wildman–Crippen MR) is 85.9 cm³/mol. The standard InChI is InChI=1S/C16H14N2O2S/c1-10-17-13-4-3-5-14(20-2)15(13)16(19)18(10)11-6-8-12(21)9-7-11/h3-9,21H,1-2H3. The molecule has 0 saturated heterocycles. The summed E-state index contributed by atoms with van der Waals surface area (Å²) in [6, 6.07) is 12.8. The summed E-state index contributed by atoms with van der Waals surface area (Å²) in [6.07, 6.45) is 0. The monoisotopic (exact) mass is 298 g/mol. The van der Waals surface area contributed by atoms with Gasteiger partial charge in [-0.2, -0.15) is 0 Å². The third kappa shape index (κ3) is 2.29. The number of aryl methyl sites for hydroxylation is 1. The molecule has 5 heteroatoms. The summed E-state index contributed by atoms with van der Waals surface area (Å²) in [5, 5.41) is 0.487. The zero-order valence-corrected chi connectivity index (χ0v) is 12.6. The van der Waals surface area contributed by atoms with E-state index in [1.807, 2.05) is 43.3 Å². The van der Waals surface area contributed by atoms with Crippen molar-refractivity contribution in [1.82, 2.24) is 9.55 Å². The third-order valence-corrected chi connectivity index (χ3v) is 3.65. The van der Waals surface area contributed by atoms with Crippen molar-refractivity contribution in [1.29, 1.82) is 0 Å². The van der Waals surface area contributed by atoms with E-state index in [1.165, 1.54) is 0 Å². The second kappa shape index (κ2) is 5.26. The zero-order valence-electron chi connectivity index (χ0n) is 11.7. The minimum atomic E-state index is -0.137. The average Bonchev–Trinajstić information content (AvgIpc) is 2.48. The molecule has 0 unspecified atom stereocenters. The van der Waals surface area contributed by atoms with Gasteiger partial charge in [-0.25, -0.2) is 4.98 Å². The minimum absolute atomic E-state index is 0.137. The predicted octanol–water partition coefficient (Wildman–Crippen LogP) is 2.99. The molecule has 3 rings (SSSR count). The van der Waals surface area contributed by atoms with Crippen LogP contribution in [0.3, 0.4) is 0 Å². The maximum atomic E-state index is 12.8. The first-order valence-electron chi connectivity index (χ1n) is 6.47. The first kappa shape index (κ1) is 13.7. The van der Waals surface area contributed by atoms with Crippen molar-refractivity contribution in [2.75, 3.05) is 7.11 Å². The highest BCUT2D eigenvalue weighted by molar-refractivity contribution is 7.80. The number of rotatable bonds is 2. The summed E-state index contributed by atoms with van der Waals surface area (Å²) in [7, 11) is 1.55. The van der Waals surface area contributed by atoms with Crippen LogP contribution in [-0.2, 0) is 0 Å². The van der Waals surface area contributed by atoms with Gasteiger partial charge in [0, 0.05) is 4.90 Å². The van der Waals surface area contributed by atoms with E-state index < -0.39 is 0 Å². The lowest BCUT2D eigenvalue weighted by molar-refractivity contribution is 0.419. The summed E-state index contributed by atoms with van der Waals surface area (Å²) in [5.74, 6) is 1.16. The van der Waals surface area contributed by atoms with Gasteiger partial charge in [0.05, 0.1) is 18.3 Å². The van der Waals surface area contributed by atoms with Gasteiger partial charge in [-0.1, -0.05) is 6.07 Å². The Morgan fingerprint density at radius 3 is 2.52 bits per heavy atom. The van der Waals surface area contributed by atoms with Gasteiger partial charge in [0.2, 0.25) is 0 Å². The van der Waals surface area contributed by atoms with E-state index in [1.54, 1.807) is 17.7 Å². The summed E-state index contributed by atoms with van der Waals surface area (Å²) in [4.78, 5) is 18.2. The largest absolute Gasteiger partial charge is 0.496 e. The maximum Gasteiger partial charge on any atom is 0.269 e. The number of methoxy groups -OCH3 is 1. The fraction of sp³-hybridized carbons (Fsp3) is 0.125. The van der Waals surface area contributed by atoms with Crippen molar-refractivity contribution < 1.29 is 4.74 Å². The number of hydrogen-bond acceptors (Lipinski definition) is 4. The summed E-state index contributed by atoms with van der Waals surface area (Å²) in [6.45, 7) is 1.81. The highest BCUT2D eigenvalue weighted by Gasteiger charge is 2.13. The second-order valence-corrected chi connectivity index (χ2v) is 5.19. The van der Waals surface area contributed by atoms with E-state index >= 15 is 0 Å². The Hall–Kier alpha value is -2.27. The van der Waals surface area contributed by atoms with Crippen LogP contribution >= 0.6 is 12.6 Å². The van der Waals surface area contributed by atoms with E-state index in [0.29, 0.717) is 22.5 Å². The van der Waals surface area contributed by atoms with Gasteiger partial charge < -0.3 is 4.74 Å². The molecule has 0 aliphatic rings. The van der Waals surface area contributed by atoms with Gasteiger partial charge in [0.25, 0.3) is 5.56 Å². The molecular weight excluding hydrogens is 284 g/mol. The van der Waals surface area contributed by atoms with Crippen molar-refractivity contribution >= 4 is 23.5 Å². The number of thiol groups is 1. The fourth-order valence-corrected chi connectivity index (χ4v) is 2.54. The van der Waals surface area contributed by atoms with Gasteiger partial charge >= 0.3 is 0 Å². The Morgan fingerprint density at radius 1 is 1.14 bits per heavy atom. The zero-order chi connectivity index (χ0) is 15.0. The summed E-state index contributed by atoms with van der Waals surface area (Å²) >= 11 is 4.26. The lowest BCUT2D eigenvalue weighted by Crippen LogP contribution is -2.22. The molecule has 1 heterocycles. The van der Waals surface area contributed by atoms with Gasteiger partial charge in [-0.3, -0.25) is 9.36 Å². The SMILES string of the molecule is COc1cccc2nc(C)n(-c3ccc(S)cc3)c(=O)c12. The third-order valence-electron chi connectivity index (χ3n) is 3.35. The van der Waals surface area contributed by atoms with Gasteiger partial charge in [-0.15, -0.1) is 12.6 Å². The lowest BCUT2D eigenvalue weighted by atomic mass is 10.2. The molecule has 0 bridgehead atoms. The van der Waals surface area contributed by atoms with Crippen LogP contribution in [0.1, 0.15) is 5.82 Å². The Labute approximate surface area is 127 Å². The molecule has 1 aromatic heterocycles. The Bertz CT molecular complexity index is 870. The van der Waals surface area contributed by atoms with Crippen LogP contribution < -0.4 is 10.3 Å². The Kier molecular flexibility index (Phi) is 3.43. The minimum Gasteiger partial charge on any atom is -0.496 e. The number of benzene rings is 2. The van der Waals surface area contributed by atoms with Crippen LogP contribution in [0.2, 0.25) is 0 Å². The van der Waals surface area contributed by atoms with Gasteiger partial charge in [0.15, 0.2) is 0 Å². The molecule has 4 nitrogen and oxygen atoms in total. The number of fused-ring (bicyclic) bond motifs is 1. The van der Waals surface area contributed by atoms with Crippen molar-refractivity contribution in [3.63, 3.8) is 0 Å². The molecule has 106 valence electrons. The van der Waals surface area contributed by atoms with Crippen LogP contribution in [0.4, 0.5) is 0 Å². The topological polar surface area (TPSA) is 44.1 Å². The first-order chi connectivity index (χ1) is 10.1. The molecule has 0 fully saturated rings. The van der Waals surface area contributed by atoms with Gasteiger partial charge in [-0.05, 0) is 43.3 Å². The maximum absolute atomic E-state index is 12.8. The van der Waals surface area contributed by atoms with Crippen molar-refractivity contribution in [3.05, 3.63) is 58.6 Å². The molecule has 21 heavy (non-hydrogen) atoms. The number of hydrogen-bond donors (Lipinski definition) is 1. The first-order valence-corrected chi connectivity index (χ1v) is 6.92. The lowest BCUT2D eigenvalue weighted by Gasteiger charge is -2.12. The summed E-state index contributed by atoms with van der Waals surface area (Å²) < 4.78 is 6.87. The highest BCUT2D eigenvalue weighted by atomic mass is 32.1. The van der Waals surface area contributed by atoms with E-state index in [9.17, 15) is 4.79 Å². The Balaban J connectivity index is 2.38. The van der Waals surface area contributed by atoms with E-state index in [2.05, 4.69) is 17.6 Å². The van der Waals surface area contributed by atoms with Crippen molar-refractivity contribution in [2.24, 2.45) is 0 Å². The fourth-order valence-electron chi connectivity index (χ4n) is 2.39. The van der Waals surface area contributed by atoms with E-state index in [0.717, 1.165) is 10.6 Å². The molecule has 3 aromatic rings. The van der Waals surface area contributed by atoms with E-state index in [4.69, 9.17) is 4.74 Å². The molecule has 0 atom stereocenters. The number of nitrogens with zero attached hydrogens (tertiary/aromatic N) is 2. The Morgan fingerprint density at radius 2 is 1.86 bits per heavy atom. The molecule has 0 radical (unpaired) electrons. The molecule has 0 saturated carbocycles. The number of ether oxygens (including phenoxy) is 1. The van der Waals surface area contributed by atoms with Crippen LogP contribution in [0, 0.1) is 6.92 Å². The quantitative estimate of drug-likeness (QED) is 0.740. The molecular formula is C16H14N2O2S. The van der Waals surface area contributed by atoms with Crippen molar-refractivity contribution in [2.45, 2.75) is 11.8 Å². The normalized spacial score (nSPS) is 10.8. The van der Waals surface area contributed by atoms with Crippen molar-refractivity contribution in [3.8, 4) is 11.4 Å². The molecule has 0 aliphatic carbocycles. The number of aromatic nitrogens is 2. The van der Waals surface area contributed by atoms with E-state index in [-0.39, 0.29) is 5.56 Å². The van der Waals surface area contributed by atoms with Crippen LogP contribution in [0.5, 0.6) is 5.75 Å². The molecule has 2 aromatic carbocycles. The molecule has 0 N–H and O–H groups in total.